The molecule has 0 bridgehead atoms. The standard InChI is InChI=1S/C13H21N5/c1-9-12(11(3)18(5)16-9)8-15-10(2)13-14-6-7-17(13)4/h6-7,10,15H,8H2,1-5H3. The summed E-state index contributed by atoms with van der Waals surface area (Å²) in [7, 11) is 4.00. The van der Waals surface area contributed by atoms with E-state index in [0.29, 0.717) is 0 Å². The molecule has 1 N–H and O–H groups in total. The molecular formula is C13H21N5. The fourth-order valence-electron chi connectivity index (χ4n) is 2.21. The molecule has 1 unspecified atom stereocenters. The lowest BCUT2D eigenvalue weighted by atomic mass is 10.2. The molecule has 0 aliphatic rings. The monoisotopic (exact) mass is 247 g/mol. The van der Waals surface area contributed by atoms with Gasteiger partial charge in [0, 0.05) is 44.3 Å². The van der Waals surface area contributed by atoms with Gasteiger partial charge in [0.1, 0.15) is 5.82 Å². The Morgan fingerprint density at radius 1 is 1.33 bits per heavy atom. The molecule has 98 valence electrons. The molecule has 5 nitrogen and oxygen atoms in total. The van der Waals surface area contributed by atoms with Crippen LogP contribution >= 0.6 is 0 Å². The molecule has 0 amide bonds. The van der Waals surface area contributed by atoms with Gasteiger partial charge in [-0.05, 0) is 20.8 Å². The van der Waals surface area contributed by atoms with Crippen LogP contribution in [0.2, 0.25) is 0 Å². The van der Waals surface area contributed by atoms with Crippen LogP contribution in [0.4, 0.5) is 0 Å². The number of hydrogen-bond donors (Lipinski definition) is 1. The number of aryl methyl sites for hydroxylation is 3. The van der Waals surface area contributed by atoms with Crippen LogP contribution in [-0.2, 0) is 20.6 Å². The minimum atomic E-state index is 0.226. The Labute approximate surface area is 108 Å². The highest BCUT2D eigenvalue weighted by Gasteiger charge is 2.13. The summed E-state index contributed by atoms with van der Waals surface area (Å²) in [6.07, 6.45) is 3.79. The van der Waals surface area contributed by atoms with Crippen LogP contribution in [0.5, 0.6) is 0 Å². The lowest BCUT2D eigenvalue weighted by Gasteiger charge is -2.13. The van der Waals surface area contributed by atoms with Gasteiger partial charge in [-0.1, -0.05) is 0 Å². The summed E-state index contributed by atoms with van der Waals surface area (Å²) in [5.41, 5.74) is 3.58. The van der Waals surface area contributed by atoms with E-state index >= 15 is 0 Å². The highest BCUT2D eigenvalue weighted by Crippen LogP contribution is 2.14. The molecule has 0 aliphatic heterocycles. The van der Waals surface area contributed by atoms with E-state index in [9.17, 15) is 0 Å². The summed E-state index contributed by atoms with van der Waals surface area (Å²) >= 11 is 0. The molecule has 0 aliphatic carbocycles. The van der Waals surface area contributed by atoms with Gasteiger partial charge in [0.2, 0.25) is 0 Å². The van der Waals surface area contributed by atoms with Crippen molar-refractivity contribution >= 4 is 0 Å². The van der Waals surface area contributed by atoms with E-state index < -0.39 is 0 Å². The third-order valence-corrected chi connectivity index (χ3v) is 3.49. The van der Waals surface area contributed by atoms with Crippen LogP contribution in [0.1, 0.15) is 35.7 Å². The second-order valence-corrected chi connectivity index (χ2v) is 4.77. The molecule has 2 rings (SSSR count). The Morgan fingerprint density at radius 3 is 2.56 bits per heavy atom. The Hall–Kier alpha value is -1.62. The average Bonchev–Trinajstić information content (AvgIpc) is 2.83. The van der Waals surface area contributed by atoms with Crippen molar-refractivity contribution < 1.29 is 0 Å². The predicted octanol–water partition coefficient (Wildman–Crippen LogP) is 1.62. The lowest BCUT2D eigenvalue weighted by Crippen LogP contribution is -2.21. The van der Waals surface area contributed by atoms with Crippen molar-refractivity contribution in [3.63, 3.8) is 0 Å². The fraction of sp³-hybridized carbons (Fsp3) is 0.538. The highest BCUT2D eigenvalue weighted by molar-refractivity contribution is 5.24. The molecule has 2 aromatic rings. The number of nitrogens with one attached hydrogen (secondary N) is 1. The summed E-state index contributed by atoms with van der Waals surface area (Å²) in [6, 6.07) is 0.226. The first-order chi connectivity index (χ1) is 8.50. The number of hydrogen-bond acceptors (Lipinski definition) is 3. The second-order valence-electron chi connectivity index (χ2n) is 4.77. The normalized spacial score (nSPS) is 12.9. The van der Waals surface area contributed by atoms with Gasteiger partial charge < -0.3 is 9.88 Å². The topological polar surface area (TPSA) is 47.7 Å². The van der Waals surface area contributed by atoms with Crippen LogP contribution in [0.25, 0.3) is 0 Å². The van der Waals surface area contributed by atoms with Crippen molar-refractivity contribution in [2.24, 2.45) is 14.1 Å². The molecule has 0 fully saturated rings. The smallest absolute Gasteiger partial charge is 0.125 e. The van der Waals surface area contributed by atoms with Gasteiger partial charge >= 0.3 is 0 Å². The van der Waals surface area contributed by atoms with E-state index in [0.717, 1.165) is 18.1 Å². The molecule has 1 atom stereocenters. The van der Waals surface area contributed by atoms with Gasteiger partial charge in [-0.3, -0.25) is 4.68 Å². The molecule has 0 spiro atoms. The minimum Gasteiger partial charge on any atom is -0.337 e. The first-order valence-corrected chi connectivity index (χ1v) is 6.20. The molecule has 2 aromatic heterocycles. The first kappa shape index (κ1) is 12.8. The van der Waals surface area contributed by atoms with Crippen LogP contribution in [-0.4, -0.2) is 19.3 Å². The Bertz CT molecular complexity index is 538. The summed E-state index contributed by atoms with van der Waals surface area (Å²) < 4.78 is 3.97. The van der Waals surface area contributed by atoms with E-state index in [4.69, 9.17) is 0 Å². The molecule has 18 heavy (non-hydrogen) atoms. The zero-order valence-electron chi connectivity index (χ0n) is 11.7. The number of rotatable bonds is 4. The molecule has 0 saturated carbocycles. The van der Waals surface area contributed by atoms with Gasteiger partial charge in [-0.2, -0.15) is 5.10 Å². The summed E-state index contributed by atoms with van der Waals surface area (Å²) in [5, 5.41) is 7.93. The van der Waals surface area contributed by atoms with Gasteiger partial charge in [0.05, 0.1) is 11.7 Å². The van der Waals surface area contributed by atoms with Crippen molar-refractivity contribution in [3.8, 4) is 0 Å². The molecule has 0 aromatic carbocycles. The van der Waals surface area contributed by atoms with Gasteiger partial charge in [0.25, 0.3) is 0 Å². The summed E-state index contributed by atoms with van der Waals surface area (Å²) in [4.78, 5) is 4.36. The lowest BCUT2D eigenvalue weighted by molar-refractivity contribution is 0.528. The Balaban J connectivity index is 2.06. The Morgan fingerprint density at radius 2 is 2.06 bits per heavy atom. The average molecular weight is 247 g/mol. The molecule has 5 heteroatoms. The molecular weight excluding hydrogens is 226 g/mol. The maximum Gasteiger partial charge on any atom is 0.125 e. The number of aromatic nitrogens is 4. The predicted molar refractivity (Wildman–Crippen MR) is 71.1 cm³/mol. The maximum atomic E-state index is 4.42. The van der Waals surface area contributed by atoms with Crippen LogP contribution in [0.15, 0.2) is 12.4 Å². The van der Waals surface area contributed by atoms with Crippen molar-refractivity contribution in [1.29, 1.82) is 0 Å². The van der Waals surface area contributed by atoms with Crippen molar-refractivity contribution in [2.75, 3.05) is 0 Å². The molecule has 0 radical (unpaired) electrons. The summed E-state index contributed by atoms with van der Waals surface area (Å²) in [6.45, 7) is 7.10. The quantitative estimate of drug-likeness (QED) is 0.893. The zero-order chi connectivity index (χ0) is 13.3. The maximum absolute atomic E-state index is 4.42. The fourth-order valence-corrected chi connectivity index (χ4v) is 2.21. The van der Waals surface area contributed by atoms with Gasteiger partial charge in [-0.25, -0.2) is 4.98 Å². The van der Waals surface area contributed by atoms with E-state index in [-0.39, 0.29) is 6.04 Å². The highest BCUT2D eigenvalue weighted by atomic mass is 15.3. The van der Waals surface area contributed by atoms with Crippen molar-refractivity contribution in [2.45, 2.75) is 33.4 Å². The molecule has 2 heterocycles. The summed E-state index contributed by atoms with van der Waals surface area (Å²) in [5.74, 6) is 1.05. The third-order valence-electron chi connectivity index (χ3n) is 3.49. The molecule has 0 saturated heterocycles. The van der Waals surface area contributed by atoms with Gasteiger partial charge in [-0.15, -0.1) is 0 Å². The van der Waals surface area contributed by atoms with Crippen LogP contribution in [0.3, 0.4) is 0 Å². The van der Waals surface area contributed by atoms with E-state index in [1.165, 1.54) is 11.3 Å². The number of imidazole rings is 1. The number of nitrogens with zero attached hydrogens (tertiary/aromatic N) is 4. The van der Waals surface area contributed by atoms with E-state index in [2.05, 4.69) is 36.2 Å². The van der Waals surface area contributed by atoms with Crippen LogP contribution in [0, 0.1) is 13.8 Å². The van der Waals surface area contributed by atoms with Crippen molar-refractivity contribution in [3.05, 3.63) is 35.2 Å². The van der Waals surface area contributed by atoms with Gasteiger partial charge in [0.15, 0.2) is 0 Å². The third kappa shape index (κ3) is 2.31. The SMILES string of the molecule is Cc1nn(C)c(C)c1CNC(C)c1nccn1C. The second kappa shape index (κ2) is 4.94. The van der Waals surface area contributed by atoms with E-state index in [1.54, 1.807) is 0 Å². The van der Waals surface area contributed by atoms with Crippen molar-refractivity contribution in [1.82, 2.24) is 24.6 Å². The van der Waals surface area contributed by atoms with Crippen LogP contribution < -0.4 is 5.32 Å². The first-order valence-electron chi connectivity index (χ1n) is 6.20. The largest absolute Gasteiger partial charge is 0.337 e. The zero-order valence-corrected chi connectivity index (χ0v) is 11.7. The Kier molecular flexibility index (Phi) is 3.52. The van der Waals surface area contributed by atoms with E-state index in [1.807, 2.05) is 35.7 Å². The minimum absolute atomic E-state index is 0.226.